The van der Waals surface area contributed by atoms with Gasteiger partial charge >= 0.3 is 0 Å². The molecule has 4 rings (SSSR count). The molecule has 0 saturated carbocycles. The van der Waals surface area contributed by atoms with E-state index in [1.165, 1.54) is 10.2 Å². The normalized spacial score (nSPS) is 12.1. The lowest BCUT2D eigenvalue weighted by Gasteiger charge is -2.15. The third-order valence-electron chi connectivity index (χ3n) is 5.08. The second-order valence-corrected chi connectivity index (χ2v) is 9.49. The van der Waals surface area contributed by atoms with Crippen LogP contribution in [0.15, 0.2) is 71.9 Å². The van der Waals surface area contributed by atoms with Crippen molar-refractivity contribution in [2.45, 2.75) is 31.1 Å². The van der Waals surface area contributed by atoms with Crippen molar-refractivity contribution in [3.05, 3.63) is 78.2 Å². The van der Waals surface area contributed by atoms with Crippen molar-refractivity contribution in [3.8, 4) is 17.3 Å². The van der Waals surface area contributed by atoms with Gasteiger partial charge < -0.3 is 0 Å². The summed E-state index contributed by atoms with van der Waals surface area (Å²) in [6, 6.07) is 18.0. The number of benzene rings is 1. The van der Waals surface area contributed by atoms with Gasteiger partial charge in [0.05, 0.1) is 27.8 Å². The van der Waals surface area contributed by atoms with Gasteiger partial charge in [0.25, 0.3) is 10.0 Å². The Morgan fingerprint density at radius 3 is 2.47 bits per heavy atom. The molecule has 3 aromatic heterocycles. The molecule has 0 spiro atoms. The predicted octanol–water partition coefficient (Wildman–Crippen LogP) is 4.44. The van der Waals surface area contributed by atoms with Crippen LogP contribution in [0.5, 0.6) is 0 Å². The van der Waals surface area contributed by atoms with Gasteiger partial charge in [-0.3, -0.25) is 4.98 Å². The fourth-order valence-corrected chi connectivity index (χ4v) is 4.55. The highest BCUT2D eigenvalue weighted by molar-refractivity contribution is 7.90. The van der Waals surface area contributed by atoms with E-state index in [2.05, 4.69) is 16.0 Å². The molecule has 0 saturated heterocycles. The molecule has 7 heteroatoms. The smallest absolute Gasteiger partial charge is 0.251 e. The van der Waals surface area contributed by atoms with Crippen LogP contribution in [0.1, 0.15) is 25.1 Å². The van der Waals surface area contributed by atoms with Gasteiger partial charge in [-0.25, -0.2) is 17.4 Å². The topological polar surface area (TPSA) is 88.6 Å². The minimum absolute atomic E-state index is 0.202. The standard InChI is InChI=1S/C23H20N4O2S/c1-16-7-9-17(10-8-16)30(28,29)27-14-12-19-18(11-13-25-22(19)27)20-5-4-6-21(26-20)23(2,3)15-24/h4-14H,1-3H3. The largest absolute Gasteiger partial charge is 0.269 e. The van der Waals surface area contributed by atoms with E-state index in [-0.39, 0.29) is 4.90 Å². The molecule has 0 bridgehead atoms. The first-order valence-electron chi connectivity index (χ1n) is 9.41. The Morgan fingerprint density at radius 2 is 1.77 bits per heavy atom. The van der Waals surface area contributed by atoms with Crippen LogP contribution in [0.3, 0.4) is 0 Å². The van der Waals surface area contributed by atoms with Gasteiger partial charge in [-0.05, 0) is 57.2 Å². The van der Waals surface area contributed by atoms with E-state index < -0.39 is 15.4 Å². The number of hydrogen-bond donors (Lipinski definition) is 0. The molecule has 0 aliphatic carbocycles. The van der Waals surface area contributed by atoms with Crippen molar-refractivity contribution in [1.29, 1.82) is 5.26 Å². The maximum absolute atomic E-state index is 13.2. The third kappa shape index (κ3) is 3.25. The SMILES string of the molecule is Cc1ccc(S(=O)(=O)n2ccc3c(-c4cccc(C(C)(C)C#N)n4)ccnc32)cc1. The lowest BCUT2D eigenvalue weighted by molar-refractivity contribution is 0.588. The van der Waals surface area contributed by atoms with Crippen LogP contribution in [-0.2, 0) is 15.4 Å². The first-order valence-corrected chi connectivity index (χ1v) is 10.9. The summed E-state index contributed by atoms with van der Waals surface area (Å²) in [6.45, 7) is 5.53. The highest BCUT2D eigenvalue weighted by atomic mass is 32.2. The van der Waals surface area contributed by atoms with Gasteiger partial charge in [-0.2, -0.15) is 5.26 Å². The fraction of sp³-hybridized carbons (Fsp3) is 0.174. The van der Waals surface area contributed by atoms with Crippen molar-refractivity contribution in [1.82, 2.24) is 13.9 Å². The molecule has 0 unspecified atom stereocenters. The number of nitriles is 1. The van der Waals surface area contributed by atoms with Crippen molar-refractivity contribution >= 4 is 21.1 Å². The van der Waals surface area contributed by atoms with Crippen molar-refractivity contribution in [2.75, 3.05) is 0 Å². The van der Waals surface area contributed by atoms with Crippen LogP contribution >= 0.6 is 0 Å². The molecule has 0 fully saturated rings. The number of aromatic nitrogens is 3. The van der Waals surface area contributed by atoms with Crippen LogP contribution in [0.2, 0.25) is 0 Å². The average molecular weight is 417 g/mol. The van der Waals surface area contributed by atoms with Gasteiger partial charge in [-0.15, -0.1) is 0 Å². The van der Waals surface area contributed by atoms with E-state index in [0.717, 1.165) is 11.1 Å². The molecular formula is C23H20N4O2S. The fourth-order valence-electron chi connectivity index (χ4n) is 3.25. The average Bonchev–Trinajstić information content (AvgIpc) is 3.19. The molecule has 0 N–H and O–H groups in total. The third-order valence-corrected chi connectivity index (χ3v) is 6.76. The monoisotopic (exact) mass is 416 g/mol. The number of fused-ring (bicyclic) bond motifs is 1. The summed E-state index contributed by atoms with van der Waals surface area (Å²) in [7, 11) is -3.78. The van der Waals surface area contributed by atoms with E-state index in [1.807, 2.05) is 39.0 Å². The molecule has 30 heavy (non-hydrogen) atoms. The zero-order chi connectivity index (χ0) is 21.5. The number of pyridine rings is 2. The number of rotatable bonds is 4. The van der Waals surface area contributed by atoms with E-state index in [9.17, 15) is 13.7 Å². The van der Waals surface area contributed by atoms with Crippen LogP contribution in [0.25, 0.3) is 22.3 Å². The van der Waals surface area contributed by atoms with E-state index in [0.29, 0.717) is 22.4 Å². The van der Waals surface area contributed by atoms with Gasteiger partial charge in [0.1, 0.15) is 0 Å². The molecule has 6 nitrogen and oxygen atoms in total. The van der Waals surface area contributed by atoms with Crippen molar-refractivity contribution in [3.63, 3.8) is 0 Å². The Hall–Kier alpha value is -3.50. The zero-order valence-corrected chi connectivity index (χ0v) is 17.7. The lowest BCUT2D eigenvalue weighted by atomic mass is 9.90. The first-order chi connectivity index (χ1) is 14.2. The highest BCUT2D eigenvalue weighted by Gasteiger charge is 2.23. The Morgan fingerprint density at radius 1 is 1.03 bits per heavy atom. The molecule has 0 aliphatic heterocycles. The summed E-state index contributed by atoms with van der Waals surface area (Å²) in [5.74, 6) is 0. The summed E-state index contributed by atoms with van der Waals surface area (Å²) < 4.78 is 27.5. The maximum atomic E-state index is 13.2. The predicted molar refractivity (Wildman–Crippen MR) is 115 cm³/mol. The molecular weight excluding hydrogens is 396 g/mol. The first kappa shape index (κ1) is 19.8. The molecule has 150 valence electrons. The Bertz CT molecular complexity index is 1400. The molecule has 0 radical (unpaired) electrons. The minimum Gasteiger partial charge on any atom is -0.251 e. The Balaban J connectivity index is 1.87. The van der Waals surface area contributed by atoms with Crippen LogP contribution in [0, 0.1) is 18.3 Å². The molecule has 0 atom stereocenters. The minimum atomic E-state index is -3.78. The summed E-state index contributed by atoms with van der Waals surface area (Å²) >= 11 is 0. The number of aryl methyl sites for hydroxylation is 1. The Kier molecular flexibility index (Phi) is 4.67. The van der Waals surface area contributed by atoms with E-state index >= 15 is 0 Å². The van der Waals surface area contributed by atoms with Crippen molar-refractivity contribution in [2.24, 2.45) is 0 Å². The maximum Gasteiger partial charge on any atom is 0.269 e. The Labute approximate surface area is 175 Å². The number of nitrogens with zero attached hydrogens (tertiary/aromatic N) is 4. The van der Waals surface area contributed by atoms with Crippen LogP contribution in [-0.4, -0.2) is 22.4 Å². The number of hydrogen-bond acceptors (Lipinski definition) is 5. The summed E-state index contributed by atoms with van der Waals surface area (Å²) in [6.07, 6.45) is 3.09. The molecule has 1 aromatic carbocycles. The summed E-state index contributed by atoms with van der Waals surface area (Å²) in [5, 5.41) is 10.1. The highest BCUT2D eigenvalue weighted by Crippen LogP contribution is 2.30. The zero-order valence-electron chi connectivity index (χ0n) is 16.9. The van der Waals surface area contributed by atoms with E-state index in [1.54, 1.807) is 42.6 Å². The van der Waals surface area contributed by atoms with Gasteiger partial charge in [0.2, 0.25) is 0 Å². The van der Waals surface area contributed by atoms with Crippen LogP contribution in [0.4, 0.5) is 0 Å². The van der Waals surface area contributed by atoms with Gasteiger partial charge in [0, 0.05) is 23.3 Å². The van der Waals surface area contributed by atoms with Gasteiger partial charge in [-0.1, -0.05) is 23.8 Å². The van der Waals surface area contributed by atoms with Gasteiger partial charge in [0.15, 0.2) is 5.65 Å². The second-order valence-electron chi connectivity index (χ2n) is 7.67. The van der Waals surface area contributed by atoms with E-state index in [4.69, 9.17) is 0 Å². The molecule has 0 aliphatic rings. The molecule has 0 amide bonds. The molecule has 4 aromatic rings. The molecule has 3 heterocycles. The summed E-state index contributed by atoms with van der Waals surface area (Å²) in [5.41, 5.74) is 2.65. The lowest BCUT2D eigenvalue weighted by Crippen LogP contribution is -2.16. The second kappa shape index (κ2) is 7.08. The summed E-state index contributed by atoms with van der Waals surface area (Å²) in [4.78, 5) is 9.20. The quantitative estimate of drug-likeness (QED) is 0.490. The van der Waals surface area contributed by atoms with Crippen LogP contribution < -0.4 is 0 Å². The van der Waals surface area contributed by atoms with Crippen molar-refractivity contribution < 1.29 is 8.42 Å².